The van der Waals surface area contributed by atoms with Gasteiger partial charge in [0.2, 0.25) is 0 Å². The maximum absolute atomic E-state index is 13.0. The number of anilines is 1. The SMILES string of the molecule is CCOC(=O)c1cc(-c2cccc3nc(C)c(NC(C)(C)C)nc23)[nH]c1C(C)(C)NC(=O)OC(C)(C)C. The summed E-state index contributed by atoms with van der Waals surface area (Å²) in [7, 11) is 0. The topological polar surface area (TPSA) is 118 Å². The fraction of sp³-hybridized carbons (Fsp3) is 0.500. The van der Waals surface area contributed by atoms with E-state index >= 15 is 0 Å². The number of para-hydroxylation sites is 1. The number of carbonyl (C=O) groups is 2. The smallest absolute Gasteiger partial charge is 0.408 e. The van der Waals surface area contributed by atoms with E-state index in [0.29, 0.717) is 28.3 Å². The van der Waals surface area contributed by atoms with Crippen molar-refractivity contribution in [3.8, 4) is 11.3 Å². The first-order valence-corrected chi connectivity index (χ1v) is 12.5. The zero-order valence-electron chi connectivity index (χ0n) is 23.5. The van der Waals surface area contributed by atoms with E-state index in [1.807, 2.05) is 25.1 Å². The number of aryl methyl sites for hydroxylation is 1. The first-order chi connectivity index (χ1) is 17.0. The number of hydrogen-bond acceptors (Lipinski definition) is 7. The molecule has 200 valence electrons. The summed E-state index contributed by atoms with van der Waals surface area (Å²) in [6.45, 7) is 19.1. The number of benzene rings is 1. The molecule has 0 aliphatic rings. The minimum absolute atomic E-state index is 0.198. The molecule has 1 aromatic carbocycles. The minimum atomic E-state index is -0.978. The van der Waals surface area contributed by atoms with Crippen molar-refractivity contribution in [2.75, 3.05) is 11.9 Å². The number of fused-ring (bicyclic) bond motifs is 1. The second-order valence-electron chi connectivity index (χ2n) is 11.6. The molecule has 0 atom stereocenters. The number of esters is 1. The number of amides is 1. The van der Waals surface area contributed by atoms with Crippen LogP contribution in [0.1, 0.15) is 84.1 Å². The van der Waals surface area contributed by atoms with Gasteiger partial charge in [-0.25, -0.2) is 19.6 Å². The van der Waals surface area contributed by atoms with E-state index in [9.17, 15) is 9.59 Å². The Balaban J connectivity index is 2.15. The van der Waals surface area contributed by atoms with Crippen LogP contribution in [0.15, 0.2) is 24.3 Å². The molecule has 37 heavy (non-hydrogen) atoms. The number of carbonyl (C=O) groups excluding carboxylic acids is 2. The standard InChI is InChI=1S/C28H39N5O4/c1-11-36-24(34)18-15-20(30-22(18)28(9,10)33-25(35)37-27(6,7)8)17-13-12-14-19-21(17)31-23(16(2)29-19)32-26(3,4)5/h12-15,30H,11H2,1-10H3,(H,31,32)(H,33,35). The Morgan fingerprint density at radius 3 is 2.30 bits per heavy atom. The van der Waals surface area contributed by atoms with Crippen molar-refractivity contribution in [1.29, 1.82) is 0 Å². The number of aromatic nitrogens is 3. The van der Waals surface area contributed by atoms with Crippen LogP contribution >= 0.6 is 0 Å². The fourth-order valence-electron chi connectivity index (χ4n) is 3.94. The second kappa shape index (κ2) is 10.0. The van der Waals surface area contributed by atoms with Crippen LogP contribution in [-0.4, -0.2) is 44.8 Å². The molecule has 0 radical (unpaired) electrons. The number of hydrogen-bond donors (Lipinski definition) is 3. The lowest BCUT2D eigenvalue weighted by Gasteiger charge is -2.28. The predicted octanol–water partition coefficient (Wildman–Crippen LogP) is 6.08. The lowest BCUT2D eigenvalue weighted by Crippen LogP contribution is -2.44. The largest absolute Gasteiger partial charge is 0.462 e. The predicted molar refractivity (Wildman–Crippen MR) is 146 cm³/mol. The zero-order valence-corrected chi connectivity index (χ0v) is 23.5. The lowest BCUT2D eigenvalue weighted by atomic mass is 9.97. The Bertz CT molecular complexity index is 1310. The van der Waals surface area contributed by atoms with Crippen LogP contribution in [0, 0.1) is 6.92 Å². The van der Waals surface area contributed by atoms with Crippen molar-refractivity contribution < 1.29 is 19.1 Å². The van der Waals surface area contributed by atoms with Crippen molar-refractivity contribution in [1.82, 2.24) is 20.3 Å². The summed E-state index contributed by atoms with van der Waals surface area (Å²) >= 11 is 0. The van der Waals surface area contributed by atoms with Crippen LogP contribution in [-0.2, 0) is 15.0 Å². The molecule has 0 spiro atoms. The van der Waals surface area contributed by atoms with Crippen LogP contribution in [0.25, 0.3) is 22.3 Å². The third-order valence-electron chi connectivity index (χ3n) is 5.40. The highest BCUT2D eigenvalue weighted by Gasteiger charge is 2.33. The van der Waals surface area contributed by atoms with Gasteiger partial charge in [0, 0.05) is 16.8 Å². The van der Waals surface area contributed by atoms with Crippen LogP contribution in [0.4, 0.5) is 10.6 Å². The van der Waals surface area contributed by atoms with Crippen LogP contribution in [0.2, 0.25) is 0 Å². The Morgan fingerprint density at radius 2 is 1.70 bits per heavy atom. The van der Waals surface area contributed by atoms with Gasteiger partial charge in [0.1, 0.15) is 16.9 Å². The first kappa shape index (κ1) is 28.0. The van der Waals surface area contributed by atoms with Crippen LogP contribution in [0.3, 0.4) is 0 Å². The first-order valence-electron chi connectivity index (χ1n) is 12.5. The van der Waals surface area contributed by atoms with Gasteiger partial charge in [-0.1, -0.05) is 12.1 Å². The molecular formula is C28H39N5O4. The molecule has 9 heteroatoms. The second-order valence-corrected chi connectivity index (χ2v) is 11.6. The number of nitrogens with zero attached hydrogens (tertiary/aromatic N) is 2. The Hall–Kier alpha value is -3.62. The monoisotopic (exact) mass is 509 g/mol. The summed E-state index contributed by atoms with van der Waals surface area (Å²) in [4.78, 5) is 38.6. The number of nitrogens with one attached hydrogen (secondary N) is 3. The van der Waals surface area contributed by atoms with Gasteiger partial charge in [-0.2, -0.15) is 0 Å². The molecule has 2 heterocycles. The molecule has 0 saturated heterocycles. The van der Waals surface area contributed by atoms with E-state index in [1.54, 1.807) is 47.6 Å². The molecule has 0 saturated carbocycles. The average Bonchev–Trinajstić information content (AvgIpc) is 3.18. The summed E-state index contributed by atoms with van der Waals surface area (Å²) in [6, 6.07) is 7.46. The van der Waals surface area contributed by atoms with Crippen molar-refractivity contribution >= 4 is 28.9 Å². The molecule has 3 N–H and O–H groups in total. The summed E-state index contributed by atoms with van der Waals surface area (Å²) in [6.07, 6.45) is -0.590. The number of H-pyrrole nitrogens is 1. The number of aromatic amines is 1. The maximum atomic E-state index is 13.0. The lowest BCUT2D eigenvalue weighted by molar-refractivity contribution is 0.0454. The molecule has 1 amide bonds. The fourth-order valence-corrected chi connectivity index (χ4v) is 3.94. The van der Waals surface area contributed by atoms with E-state index in [-0.39, 0.29) is 12.1 Å². The summed E-state index contributed by atoms with van der Waals surface area (Å²) in [5.41, 5.74) is 2.61. The van der Waals surface area contributed by atoms with Gasteiger partial charge in [0.05, 0.1) is 34.6 Å². The minimum Gasteiger partial charge on any atom is -0.462 e. The quantitative estimate of drug-likeness (QED) is 0.345. The Labute approximate surface area is 218 Å². The molecule has 3 rings (SSSR count). The number of rotatable bonds is 6. The molecule has 0 aliphatic heterocycles. The normalized spacial score (nSPS) is 12.4. The van der Waals surface area contributed by atoms with Gasteiger partial charge in [-0.15, -0.1) is 0 Å². The van der Waals surface area contributed by atoms with E-state index in [4.69, 9.17) is 19.4 Å². The highest BCUT2D eigenvalue weighted by atomic mass is 16.6. The van der Waals surface area contributed by atoms with E-state index in [2.05, 4.69) is 36.4 Å². The molecule has 9 nitrogen and oxygen atoms in total. The van der Waals surface area contributed by atoms with E-state index in [0.717, 1.165) is 16.8 Å². The summed E-state index contributed by atoms with van der Waals surface area (Å²) in [5, 5.41) is 6.29. The molecule has 0 fully saturated rings. The molecule has 2 aromatic heterocycles. The van der Waals surface area contributed by atoms with Crippen molar-refractivity contribution in [2.45, 2.75) is 85.9 Å². The third kappa shape index (κ3) is 6.78. The van der Waals surface area contributed by atoms with E-state index in [1.165, 1.54) is 0 Å². The zero-order chi connectivity index (χ0) is 27.8. The molecule has 3 aromatic rings. The summed E-state index contributed by atoms with van der Waals surface area (Å²) < 4.78 is 10.8. The highest BCUT2D eigenvalue weighted by Crippen LogP contribution is 2.33. The van der Waals surface area contributed by atoms with Crippen molar-refractivity contribution in [3.05, 3.63) is 41.2 Å². The number of alkyl carbamates (subject to hydrolysis) is 1. The summed E-state index contributed by atoms with van der Waals surface area (Å²) in [5.74, 6) is 0.202. The van der Waals surface area contributed by atoms with Gasteiger partial charge < -0.3 is 25.1 Å². The molecule has 0 bridgehead atoms. The molecule has 0 unspecified atom stereocenters. The third-order valence-corrected chi connectivity index (χ3v) is 5.40. The Kier molecular flexibility index (Phi) is 7.58. The van der Waals surface area contributed by atoms with Crippen LogP contribution in [0.5, 0.6) is 0 Å². The van der Waals surface area contributed by atoms with Gasteiger partial charge in [0.25, 0.3) is 0 Å². The van der Waals surface area contributed by atoms with Gasteiger partial charge in [-0.3, -0.25) is 0 Å². The average molecular weight is 510 g/mol. The van der Waals surface area contributed by atoms with Crippen molar-refractivity contribution in [3.63, 3.8) is 0 Å². The Morgan fingerprint density at radius 1 is 1.03 bits per heavy atom. The highest BCUT2D eigenvalue weighted by molar-refractivity contribution is 5.97. The van der Waals surface area contributed by atoms with E-state index < -0.39 is 23.2 Å². The molecule has 0 aliphatic carbocycles. The van der Waals surface area contributed by atoms with Gasteiger partial charge >= 0.3 is 12.1 Å². The van der Waals surface area contributed by atoms with Crippen LogP contribution < -0.4 is 10.6 Å². The number of ether oxygens (including phenoxy) is 2. The molecular weight excluding hydrogens is 470 g/mol. The van der Waals surface area contributed by atoms with Crippen molar-refractivity contribution in [2.24, 2.45) is 0 Å². The maximum Gasteiger partial charge on any atom is 0.408 e. The van der Waals surface area contributed by atoms with Gasteiger partial charge in [-0.05, 0) is 81.4 Å². The van der Waals surface area contributed by atoms with Gasteiger partial charge in [0.15, 0.2) is 0 Å².